The maximum absolute atomic E-state index is 13.1. The molecule has 4 aromatic rings. The van der Waals surface area contributed by atoms with Gasteiger partial charge in [-0.1, -0.05) is 50.6 Å². The zero-order chi connectivity index (χ0) is 26.2. The molecule has 37 heavy (non-hydrogen) atoms. The number of carbonyl (C=O) groups is 2. The lowest BCUT2D eigenvalue weighted by molar-refractivity contribution is -0.118. The molecule has 0 radical (unpaired) electrons. The van der Waals surface area contributed by atoms with Crippen molar-refractivity contribution in [2.75, 3.05) is 5.32 Å². The standard InChI is InChI=1S/C30H30N4O3/c1-19-5-9-21(10-6-19)34-22(17-27(33-34)30(2,3)4)16-23(35)15-20-7-11-24(12-8-20)37-26-13-14-31-29-25(26)18-28(36)32-29/h5-14,17H,15-16,18H2,1-4H3,(H,31,32,36). The van der Waals surface area contributed by atoms with Gasteiger partial charge in [0.25, 0.3) is 0 Å². The van der Waals surface area contributed by atoms with E-state index in [1.807, 2.05) is 47.1 Å². The summed E-state index contributed by atoms with van der Waals surface area (Å²) in [4.78, 5) is 29.0. The van der Waals surface area contributed by atoms with Gasteiger partial charge in [-0.25, -0.2) is 9.67 Å². The lowest BCUT2D eigenvalue weighted by atomic mass is 9.92. The molecule has 7 nitrogen and oxygen atoms in total. The van der Waals surface area contributed by atoms with E-state index in [1.165, 1.54) is 5.56 Å². The van der Waals surface area contributed by atoms with Gasteiger partial charge in [0.05, 0.1) is 23.5 Å². The van der Waals surface area contributed by atoms with Crippen LogP contribution in [0, 0.1) is 6.92 Å². The average Bonchev–Trinajstić information content (AvgIpc) is 3.44. The minimum atomic E-state index is -0.123. The summed E-state index contributed by atoms with van der Waals surface area (Å²) in [6.45, 7) is 8.42. The van der Waals surface area contributed by atoms with E-state index < -0.39 is 0 Å². The number of Topliss-reactive ketones (excluding diaryl/α,β-unsaturated/α-hetero) is 1. The van der Waals surface area contributed by atoms with E-state index in [0.717, 1.165) is 28.2 Å². The van der Waals surface area contributed by atoms with Crippen LogP contribution in [-0.2, 0) is 34.3 Å². The molecular formula is C30H30N4O3. The van der Waals surface area contributed by atoms with E-state index in [4.69, 9.17) is 9.84 Å². The fourth-order valence-corrected chi connectivity index (χ4v) is 4.30. The highest BCUT2D eigenvalue weighted by Gasteiger charge is 2.24. The lowest BCUT2D eigenvalue weighted by Gasteiger charge is -2.14. The first kappa shape index (κ1) is 24.4. The first-order valence-corrected chi connectivity index (χ1v) is 12.4. The maximum atomic E-state index is 13.1. The highest BCUT2D eigenvalue weighted by atomic mass is 16.5. The number of fused-ring (bicyclic) bond motifs is 1. The van der Waals surface area contributed by atoms with Crippen molar-refractivity contribution in [2.45, 2.75) is 52.4 Å². The number of ketones is 1. The molecule has 0 spiro atoms. The third-order valence-corrected chi connectivity index (χ3v) is 6.37. The number of pyridine rings is 1. The molecule has 1 aliphatic heterocycles. The number of anilines is 1. The molecule has 1 N–H and O–H groups in total. The second-order valence-corrected chi connectivity index (χ2v) is 10.5. The smallest absolute Gasteiger partial charge is 0.230 e. The molecule has 2 aromatic carbocycles. The fraction of sp³-hybridized carbons (Fsp3) is 0.267. The average molecular weight is 495 g/mol. The second-order valence-electron chi connectivity index (χ2n) is 10.5. The van der Waals surface area contributed by atoms with Gasteiger partial charge in [0.15, 0.2) is 0 Å². The Kier molecular flexibility index (Phi) is 6.38. The Morgan fingerprint density at radius 1 is 1.03 bits per heavy atom. The van der Waals surface area contributed by atoms with Crippen LogP contribution in [0.2, 0.25) is 0 Å². The molecular weight excluding hydrogens is 464 g/mol. The Bertz CT molecular complexity index is 1460. The summed E-state index contributed by atoms with van der Waals surface area (Å²) in [5, 5.41) is 7.57. The Hall–Kier alpha value is -4.26. The maximum Gasteiger partial charge on any atom is 0.230 e. The van der Waals surface area contributed by atoms with E-state index >= 15 is 0 Å². The van der Waals surface area contributed by atoms with Crippen molar-refractivity contribution in [1.82, 2.24) is 14.8 Å². The van der Waals surface area contributed by atoms with Crippen molar-refractivity contribution in [3.8, 4) is 17.2 Å². The predicted octanol–water partition coefficient (Wildman–Crippen LogP) is 5.51. The second kappa shape index (κ2) is 9.65. The molecule has 0 saturated heterocycles. The molecule has 1 amide bonds. The molecule has 0 fully saturated rings. The number of amides is 1. The molecule has 0 atom stereocenters. The zero-order valence-corrected chi connectivity index (χ0v) is 21.5. The summed E-state index contributed by atoms with van der Waals surface area (Å²) >= 11 is 0. The number of ether oxygens (including phenoxy) is 1. The third-order valence-electron chi connectivity index (χ3n) is 6.37. The Morgan fingerprint density at radius 3 is 2.46 bits per heavy atom. The van der Waals surface area contributed by atoms with Gasteiger partial charge in [-0.2, -0.15) is 5.10 Å². The van der Waals surface area contributed by atoms with E-state index in [9.17, 15) is 9.59 Å². The SMILES string of the molecule is Cc1ccc(-n2nc(C(C)(C)C)cc2CC(=O)Cc2ccc(Oc3ccnc4c3CC(=O)N4)cc2)cc1. The van der Waals surface area contributed by atoms with Crippen LogP contribution in [0.5, 0.6) is 11.5 Å². The Balaban J connectivity index is 1.29. The number of hydrogen-bond donors (Lipinski definition) is 1. The van der Waals surface area contributed by atoms with Gasteiger partial charge >= 0.3 is 0 Å². The van der Waals surface area contributed by atoms with Crippen LogP contribution in [-0.4, -0.2) is 26.5 Å². The number of aromatic nitrogens is 3. The zero-order valence-electron chi connectivity index (χ0n) is 21.5. The van der Waals surface area contributed by atoms with Crippen LogP contribution in [0.1, 0.15) is 48.8 Å². The van der Waals surface area contributed by atoms with E-state index in [2.05, 4.69) is 50.1 Å². The van der Waals surface area contributed by atoms with E-state index in [-0.39, 0.29) is 23.5 Å². The molecule has 5 rings (SSSR count). The summed E-state index contributed by atoms with van der Waals surface area (Å²) in [6.07, 6.45) is 2.47. The van der Waals surface area contributed by atoms with Crippen molar-refractivity contribution in [2.24, 2.45) is 0 Å². The Morgan fingerprint density at radius 2 is 1.76 bits per heavy atom. The van der Waals surface area contributed by atoms with Crippen LogP contribution < -0.4 is 10.1 Å². The predicted molar refractivity (Wildman–Crippen MR) is 143 cm³/mol. The first-order valence-electron chi connectivity index (χ1n) is 12.4. The van der Waals surface area contributed by atoms with Crippen molar-refractivity contribution in [3.63, 3.8) is 0 Å². The first-order chi connectivity index (χ1) is 17.7. The number of nitrogens with zero attached hydrogens (tertiary/aromatic N) is 3. The molecule has 0 unspecified atom stereocenters. The molecule has 2 aromatic heterocycles. The number of carbonyl (C=O) groups excluding carboxylic acids is 2. The van der Waals surface area contributed by atoms with Crippen LogP contribution in [0.3, 0.4) is 0 Å². The summed E-state index contributed by atoms with van der Waals surface area (Å²) in [6, 6.07) is 19.4. The Labute approximate surface area is 216 Å². The molecule has 1 aliphatic rings. The van der Waals surface area contributed by atoms with Gasteiger partial charge in [0, 0.05) is 30.0 Å². The number of rotatable bonds is 7. The van der Waals surface area contributed by atoms with Crippen molar-refractivity contribution >= 4 is 17.5 Å². The van der Waals surface area contributed by atoms with Crippen molar-refractivity contribution < 1.29 is 14.3 Å². The van der Waals surface area contributed by atoms with E-state index in [1.54, 1.807) is 12.3 Å². The number of hydrogen-bond acceptors (Lipinski definition) is 5. The third kappa shape index (κ3) is 5.45. The van der Waals surface area contributed by atoms with Crippen LogP contribution in [0.25, 0.3) is 5.69 Å². The van der Waals surface area contributed by atoms with E-state index in [0.29, 0.717) is 30.2 Å². The summed E-state index contributed by atoms with van der Waals surface area (Å²) in [5.74, 6) is 1.80. The van der Waals surface area contributed by atoms with Gasteiger partial charge in [0.2, 0.25) is 5.91 Å². The number of aryl methyl sites for hydroxylation is 1. The highest BCUT2D eigenvalue weighted by molar-refractivity contribution is 5.98. The van der Waals surface area contributed by atoms with Crippen LogP contribution >= 0.6 is 0 Å². The summed E-state index contributed by atoms with van der Waals surface area (Å²) < 4.78 is 7.89. The monoisotopic (exact) mass is 494 g/mol. The molecule has 0 aliphatic carbocycles. The number of benzene rings is 2. The summed E-state index contributed by atoms with van der Waals surface area (Å²) in [5.41, 5.74) is 5.51. The van der Waals surface area contributed by atoms with Crippen LogP contribution in [0.4, 0.5) is 5.82 Å². The fourth-order valence-electron chi connectivity index (χ4n) is 4.30. The van der Waals surface area contributed by atoms with Gasteiger partial charge in [0.1, 0.15) is 23.1 Å². The minimum absolute atomic E-state index is 0.0919. The molecule has 0 bridgehead atoms. The minimum Gasteiger partial charge on any atom is -0.457 e. The van der Waals surface area contributed by atoms with Crippen molar-refractivity contribution in [3.05, 3.63) is 94.9 Å². The van der Waals surface area contributed by atoms with Gasteiger partial charge < -0.3 is 10.1 Å². The largest absolute Gasteiger partial charge is 0.457 e. The summed E-state index contributed by atoms with van der Waals surface area (Å²) in [7, 11) is 0. The molecule has 3 heterocycles. The normalized spacial score (nSPS) is 12.8. The highest BCUT2D eigenvalue weighted by Crippen LogP contribution is 2.33. The lowest BCUT2D eigenvalue weighted by Crippen LogP contribution is -2.13. The topological polar surface area (TPSA) is 86.1 Å². The van der Waals surface area contributed by atoms with Gasteiger partial charge in [-0.15, -0.1) is 0 Å². The quantitative estimate of drug-likeness (QED) is 0.366. The molecule has 188 valence electrons. The van der Waals surface area contributed by atoms with Crippen molar-refractivity contribution in [1.29, 1.82) is 0 Å². The van der Waals surface area contributed by atoms with Gasteiger partial charge in [-0.3, -0.25) is 9.59 Å². The molecule has 7 heteroatoms. The molecule has 0 saturated carbocycles. The van der Waals surface area contributed by atoms with Crippen LogP contribution in [0.15, 0.2) is 66.9 Å². The number of nitrogens with one attached hydrogen (secondary N) is 1. The van der Waals surface area contributed by atoms with Gasteiger partial charge in [-0.05, 0) is 48.9 Å².